The van der Waals surface area contributed by atoms with Crippen LogP contribution in [0.1, 0.15) is 11.1 Å². The molecule has 154 valence electrons. The number of nitrogens with one attached hydrogen (secondary N) is 1. The lowest BCUT2D eigenvalue weighted by atomic mass is 10.1. The molecule has 2 aromatic carbocycles. The van der Waals surface area contributed by atoms with E-state index in [2.05, 4.69) is 34.5 Å². The van der Waals surface area contributed by atoms with Crippen molar-refractivity contribution in [2.75, 3.05) is 40.5 Å². The first kappa shape index (κ1) is 20.9. The Kier molecular flexibility index (Phi) is 7.67. The van der Waals surface area contributed by atoms with Gasteiger partial charge in [0, 0.05) is 37.8 Å². The Hall–Kier alpha value is -2.83. The third-order valence-corrected chi connectivity index (χ3v) is 4.83. The smallest absolute Gasteiger partial charge is 0.244 e. The summed E-state index contributed by atoms with van der Waals surface area (Å²) in [6, 6.07) is 15.8. The average Bonchev–Trinajstić information content (AvgIpc) is 2.77. The minimum atomic E-state index is -0.168. The van der Waals surface area contributed by atoms with Crippen LogP contribution in [0.3, 0.4) is 0 Å². The zero-order valence-electron chi connectivity index (χ0n) is 17.0. The summed E-state index contributed by atoms with van der Waals surface area (Å²) < 4.78 is 16.4. The largest absolute Gasteiger partial charge is 0.497 e. The van der Waals surface area contributed by atoms with E-state index < -0.39 is 0 Å². The second kappa shape index (κ2) is 10.6. The van der Waals surface area contributed by atoms with Gasteiger partial charge < -0.3 is 19.5 Å². The average molecular weight is 396 g/mol. The molecule has 0 spiro atoms. The molecule has 6 heteroatoms. The number of hydrogen-bond acceptors (Lipinski definition) is 5. The maximum absolute atomic E-state index is 12.2. The number of morpholine rings is 1. The highest BCUT2D eigenvalue weighted by Gasteiger charge is 2.20. The van der Waals surface area contributed by atoms with E-state index in [4.69, 9.17) is 14.2 Å². The monoisotopic (exact) mass is 396 g/mol. The summed E-state index contributed by atoms with van der Waals surface area (Å²) in [7, 11) is 3.20. The predicted molar refractivity (Wildman–Crippen MR) is 113 cm³/mol. The topological polar surface area (TPSA) is 60.0 Å². The first-order chi connectivity index (χ1) is 14.2. The van der Waals surface area contributed by atoms with E-state index in [0.29, 0.717) is 24.7 Å². The van der Waals surface area contributed by atoms with Crippen LogP contribution in [0.5, 0.6) is 11.5 Å². The van der Waals surface area contributed by atoms with Crippen LogP contribution in [0.15, 0.2) is 54.6 Å². The Morgan fingerprint density at radius 3 is 2.79 bits per heavy atom. The van der Waals surface area contributed by atoms with Crippen molar-refractivity contribution in [3.05, 3.63) is 65.7 Å². The molecule has 2 aromatic rings. The summed E-state index contributed by atoms with van der Waals surface area (Å²) in [6.45, 7) is 3.73. The highest BCUT2D eigenvalue weighted by molar-refractivity contribution is 5.92. The highest BCUT2D eigenvalue weighted by Crippen LogP contribution is 2.25. The number of methoxy groups -OCH3 is 2. The van der Waals surface area contributed by atoms with Crippen molar-refractivity contribution in [1.82, 2.24) is 10.2 Å². The summed E-state index contributed by atoms with van der Waals surface area (Å²) in [5.41, 5.74) is 2.07. The Balaban J connectivity index is 1.49. The molecule has 1 saturated heterocycles. The van der Waals surface area contributed by atoms with Crippen LogP contribution in [-0.4, -0.2) is 57.4 Å². The van der Waals surface area contributed by atoms with Crippen LogP contribution >= 0.6 is 0 Å². The number of benzene rings is 2. The second-order valence-corrected chi connectivity index (χ2v) is 6.90. The van der Waals surface area contributed by atoms with Gasteiger partial charge in [0.2, 0.25) is 5.91 Å². The number of nitrogens with zero attached hydrogens (tertiary/aromatic N) is 1. The second-order valence-electron chi connectivity index (χ2n) is 6.90. The number of hydrogen-bond donors (Lipinski definition) is 1. The van der Waals surface area contributed by atoms with Gasteiger partial charge in [-0.1, -0.05) is 30.3 Å². The molecule has 1 heterocycles. The lowest BCUT2D eigenvalue weighted by molar-refractivity contribution is -0.117. The molecule has 0 saturated carbocycles. The first-order valence-electron chi connectivity index (χ1n) is 9.73. The molecule has 1 unspecified atom stereocenters. The van der Waals surface area contributed by atoms with E-state index in [1.54, 1.807) is 20.3 Å². The van der Waals surface area contributed by atoms with Gasteiger partial charge >= 0.3 is 0 Å². The fourth-order valence-electron chi connectivity index (χ4n) is 3.30. The SMILES string of the molecule is COc1ccc(OC)c(/C=C/C(=O)NCC2CN(Cc3ccccc3)CCO2)c1. The van der Waals surface area contributed by atoms with Crippen LogP contribution in [0, 0.1) is 0 Å². The molecule has 0 aromatic heterocycles. The molecule has 29 heavy (non-hydrogen) atoms. The Morgan fingerprint density at radius 2 is 2.03 bits per heavy atom. The zero-order valence-corrected chi connectivity index (χ0v) is 17.0. The molecule has 1 aliphatic heterocycles. The van der Waals surface area contributed by atoms with Gasteiger partial charge in [0.05, 0.1) is 26.9 Å². The summed E-state index contributed by atoms with van der Waals surface area (Å²) in [4.78, 5) is 14.6. The van der Waals surface area contributed by atoms with Crippen molar-refractivity contribution < 1.29 is 19.0 Å². The van der Waals surface area contributed by atoms with Gasteiger partial charge in [0.15, 0.2) is 0 Å². The van der Waals surface area contributed by atoms with Crippen LogP contribution in [0.2, 0.25) is 0 Å². The molecular formula is C23H28N2O4. The fourth-order valence-corrected chi connectivity index (χ4v) is 3.30. The van der Waals surface area contributed by atoms with E-state index in [0.717, 1.165) is 25.2 Å². The summed E-state index contributed by atoms with van der Waals surface area (Å²) >= 11 is 0. The molecule has 0 bridgehead atoms. The van der Waals surface area contributed by atoms with E-state index in [9.17, 15) is 4.79 Å². The van der Waals surface area contributed by atoms with Crippen LogP contribution < -0.4 is 14.8 Å². The number of amides is 1. The van der Waals surface area contributed by atoms with E-state index in [1.807, 2.05) is 24.3 Å². The summed E-state index contributed by atoms with van der Waals surface area (Å²) in [5.74, 6) is 1.22. The van der Waals surface area contributed by atoms with Crippen molar-refractivity contribution in [2.45, 2.75) is 12.6 Å². The first-order valence-corrected chi connectivity index (χ1v) is 9.73. The third kappa shape index (κ3) is 6.34. The van der Waals surface area contributed by atoms with Crippen molar-refractivity contribution in [1.29, 1.82) is 0 Å². The minimum absolute atomic E-state index is 0.0174. The minimum Gasteiger partial charge on any atom is -0.497 e. The summed E-state index contributed by atoms with van der Waals surface area (Å²) in [5, 5.41) is 2.92. The third-order valence-electron chi connectivity index (χ3n) is 4.83. The molecular weight excluding hydrogens is 368 g/mol. The van der Waals surface area contributed by atoms with Gasteiger partial charge in [-0.25, -0.2) is 0 Å². The maximum atomic E-state index is 12.2. The maximum Gasteiger partial charge on any atom is 0.244 e. The number of rotatable bonds is 8. The van der Waals surface area contributed by atoms with Gasteiger partial charge in [0.25, 0.3) is 0 Å². The molecule has 1 N–H and O–H groups in total. The van der Waals surface area contributed by atoms with Crippen molar-refractivity contribution in [3.63, 3.8) is 0 Å². The molecule has 3 rings (SSSR count). The fraction of sp³-hybridized carbons (Fsp3) is 0.348. The van der Waals surface area contributed by atoms with Crippen LogP contribution in [0.25, 0.3) is 6.08 Å². The van der Waals surface area contributed by atoms with E-state index in [1.165, 1.54) is 11.6 Å². The lowest BCUT2D eigenvalue weighted by Gasteiger charge is -2.33. The molecule has 1 fully saturated rings. The molecule has 1 aliphatic rings. The number of ether oxygens (including phenoxy) is 3. The summed E-state index contributed by atoms with van der Waals surface area (Å²) in [6.07, 6.45) is 3.21. The Bertz CT molecular complexity index is 823. The van der Waals surface area contributed by atoms with E-state index >= 15 is 0 Å². The van der Waals surface area contributed by atoms with Crippen LogP contribution in [0.4, 0.5) is 0 Å². The molecule has 6 nitrogen and oxygen atoms in total. The lowest BCUT2D eigenvalue weighted by Crippen LogP contribution is -2.46. The van der Waals surface area contributed by atoms with Gasteiger partial charge in [-0.05, 0) is 29.8 Å². The highest BCUT2D eigenvalue weighted by atomic mass is 16.5. The quantitative estimate of drug-likeness (QED) is 0.696. The van der Waals surface area contributed by atoms with Crippen molar-refractivity contribution in [3.8, 4) is 11.5 Å². The van der Waals surface area contributed by atoms with Gasteiger partial charge in [-0.2, -0.15) is 0 Å². The predicted octanol–water partition coefficient (Wildman–Crippen LogP) is 2.73. The Morgan fingerprint density at radius 1 is 1.21 bits per heavy atom. The normalized spacial score (nSPS) is 17.2. The number of carbonyl (C=O) groups excluding carboxylic acids is 1. The zero-order chi connectivity index (χ0) is 20.5. The van der Waals surface area contributed by atoms with Gasteiger partial charge in [-0.3, -0.25) is 9.69 Å². The van der Waals surface area contributed by atoms with Gasteiger partial charge in [-0.15, -0.1) is 0 Å². The number of carbonyl (C=O) groups is 1. The van der Waals surface area contributed by atoms with E-state index in [-0.39, 0.29) is 12.0 Å². The standard InChI is InChI=1S/C23H28N2O4/c1-27-20-9-10-22(28-2)19(14-20)8-11-23(26)24-15-21-17-25(12-13-29-21)16-18-6-4-3-5-7-18/h3-11,14,21H,12-13,15-17H2,1-2H3,(H,24,26)/b11-8+. The molecule has 0 radical (unpaired) electrons. The van der Waals surface area contributed by atoms with Crippen molar-refractivity contribution >= 4 is 12.0 Å². The van der Waals surface area contributed by atoms with Gasteiger partial charge in [0.1, 0.15) is 11.5 Å². The molecule has 0 aliphatic carbocycles. The molecule has 1 atom stereocenters. The Labute approximate surface area is 172 Å². The van der Waals surface area contributed by atoms with Crippen LogP contribution in [-0.2, 0) is 16.1 Å². The molecule has 1 amide bonds. The van der Waals surface area contributed by atoms with Crippen molar-refractivity contribution in [2.24, 2.45) is 0 Å².